The van der Waals surface area contributed by atoms with Crippen molar-refractivity contribution >= 4 is 21.6 Å². The second-order valence-corrected chi connectivity index (χ2v) is 14.6. The average molecular weight is 674 g/mol. The highest BCUT2D eigenvalue weighted by Gasteiger charge is 2.46. The van der Waals surface area contributed by atoms with E-state index in [1.54, 1.807) is 39.0 Å². The van der Waals surface area contributed by atoms with Crippen molar-refractivity contribution < 1.29 is 41.0 Å². The van der Waals surface area contributed by atoms with E-state index in [0.717, 1.165) is 9.96 Å². The van der Waals surface area contributed by atoms with Gasteiger partial charge < -0.3 is 14.6 Å². The van der Waals surface area contributed by atoms with Gasteiger partial charge in [-0.15, -0.1) is 10.2 Å². The molecule has 0 radical (unpaired) electrons. The number of hydrogen-bond donors (Lipinski definition) is 1. The lowest BCUT2D eigenvalue weighted by Gasteiger charge is -2.38. The predicted molar refractivity (Wildman–Crippen MR) is 162 cm³/mol. The third kappa shape index (κ3) is 5.74. The Labute approximate surface area is 269 Å². The Hall–Kier alpha value is -4.08. The summed E-state index contributed by atoms with van der Waals surface area (Å²) in [6.07, 6.45) is -1.13. The van der Waals surface area contributed by atoms with Gasteiger partial charge in [-0.25, -0.2) is 13.4 Å². The number of alkyl halides is 3. The number of nitrogens with zero attached hydrogens (tertiary/aromatic N) is 5. The number of fused-ring (bicyclic) bond motifs is 2. The number of rotatable bonds is 6. The summed E-state index contributed by atoms with van der Waals surface area (Å²) in [7, 11) is -4.08. The number of aryl methyl sites for hydroxylation is 2. The van der Waals surface area contributed by atoms with Gasteiger partial charge in [-0.3, -0.25) is 9.20 Å². The first-order valence-corrected chi connectivity index (χ1v) is 16.5. The fourth-order valence-electron chi connectivity index (χ4n) is 6.52. The molecule has 5 heterocycles. The van der Waals surface area contributed by atoms with Crippen LogP contribution in [0.15, 0.2) is 53.7 Å². The van der Waals surface area contributed by atoms with Gasteiger partial charge in [0, 0.05) is 37.7 Å². The molecule has 250 valence electrons. The Morgan fingerprint density at radius 1 is 1.11 bits per heavy atom. The van der Waals surface area contributed by atoms with Gasteiger partial charge in [0.25, 0.3) is 0 Å². The number of ether oxygens (including phenoxy) is 2. The molecule has 6 rings (SSSR count). The molecule has 0 amide bonds. The summed E-state index contributed by atoms with van der Waals surface area (Å²) in [5.74, 6) is -3.13. The lowest BCUT2D eigenvalue weighted by atomic mass is 9.70. The van der Waals surface area contributed by atoms with Crippen LogP contribution in [0.1, 0.15) is 66.2 Å². The number of aromatic nitrogens is 4. The Kier molecular flexibility index (Phi) is 8.08. The molecule has 1 atom stereocenters. The Morgan fingerprint density at radius 2 is 1.83 bits per heavy atom. The lowest BCUT2D eigenvalue weighted by Crippen LogP contribution is -2.50. The average Bonchev–Trinajstić information content (AvgIpc) is 3.43. The largest absolute Gasteiger partial charge is 0.481 e. The van der Waals surface area contributed by atoms with E-state index >= 15 is 0 Å². The van der Waals surface area contributed by atoms with Gasteiger partial charge in [0.2, 0.25) is 21.7 Å². The van der Waals surface area contributed by atoms with Crippen LogP contribution in [0.3, 0.4) is 0 Å². The van der Waals surface area contributed by atoms with E-state index in [2.05, 4.69) is 15.2 Å². The predicted octanol–water partition coefficient (Wildman–Crippen LogP) is 5.14. The van der Waals surface area contributed by atoms with Crippen molar-refractivity contribution in [1.82, 2.24) is 23.9 Å². The van der Waals surface area contributed by atoms with E-state index in [1.807, 2.05) is 6.92 Å². The number of aliphatic carboxylic acids is 1. The van der Waals surface area contributed by atoms with Gasteiger partial charge in [-0.1, -0.05) is 18.2 Å². The number of benzene rings is 1. The molecular formula is C32H34F3N5O6S. The number of halogens is 3. The van der Waals surface area contributed by atoms with Crippen LogP contribution in [0.25, 0.3) is 5.65 Å². The highest BCUT2D eigenvalue weighted by Crippen LogP contribution is 2.44. The molecule has 2 aliphatic rings. The standard InChI is InChI=1S/C32H34F3N5O6S/c1-19-7-8-21(25(30(3,4)29(41)42)23-9-13-40-26(20(23)2)37-38-28(40)32(33,34)35)16-22(19)17-39-18-31(10-14-45-15-11-31)46-27-24(47(39,43)44)6-5-12-36-27/h5-9,12-13,16,25H,10-11,14-15,17-18H2,1-4H3,(H,41,42)/t25-/m0/s1. The monoisotopic (exact) mass is 673 g/mol. The summed E-state index contributed by atoms with van der Waals surface area (Å²) in [4.78, 5) is 16.9. The number of pyridine rings is 2. The highest BCUT2D eigenvalue weighted by atomic mass is 32.2. The maximum Gasteiger partial charge on any atom is 0.452 e. The minimum Gasteiger partial charge on any atom is -0.481 e. The number of carboxylic acids is 1. The molecule has 0 unspecified atom stereocenters. The molecule has 4 aromatic rings. The topological polar surface area (TPSA) is 136 Å². The van der Waals surface area contributed by atoms with Gasteiger partial charge in [0.15, 0.2) is 5.65 Å². The van der Waals surface area contributed by atoms with Crippen LogP contribution in [-0.2, 0) is 32.3 Å². The van der Waals surface area contributed by atoms with E-state index in [-0.39, 0.29) is 29.5 Å². The van der Waals surface area contributed by atoms with E-state index in [1.165, 1.54) is 34.9 Å². The van der Waals surface area contributed by atoms with Crippen molar-refractivity contribution in [2.75, 3.05) is 19.8 Å². The number of hydrogen-bond acceptors (Lipinski definition) is 8. The summed E-state index contributed by atoms with van der Waals surface area (Å²) >= 11 is 0. The van der Waals surface area contributed by atoms with Gasteiger partial charge in [-0.2, -0.15) is 17.5 Å². The molecule has 0 aliphatic carbocycles. The molecule has 1 fully saturated rings. The number of carboxylic acid groups (broad SMARTS) is 1. The molecule has 2 aliphatic heterocycles. The Balaban J connectivity index is 1.46. The van der Waals surface area contributed by atoms with Gasteiger partial charge in [0.1, 0.15) is 10.5 Å². The molecule has 47 heavy (non-hydrogen) atoms. The van der Waals surface area contributed by atoms with E-state index in [4.69, 9.17) is 9.47 Å². The third-order valence-electron chi connectivity index (χ3n) is 9.29. The van der Waals surface area contributed by atoms with E-state index < -0.39 is 44.9 Å². The zero-order valence-corrected chi connectivity index (χ0v) is 27.0. The molecule has 1 spiro atoms. The zero-order chi connectivity index (χ0) is 33.9. The zero-order valence-electron chi connectivity index (χ0n) is 26.2. The summed E-state index contributed by atoms with van der Waals surface area (Å²) < 4.78 is 83.1. The maximum absolute atomic E-state index is 14.1. The summed E-state index contributed by atoms with van der Waals surface area (Å²) in [5, 5.41) is 17.5. The fourth-order valence-corrected chi connectivity index (χ4v) is 8.08. The van der Waals surface area contributed by atoms with Crippen molar-refractivity contribution in [2.24, 2.45) is 5.41 Å². The highest BCUT2D eigenvalue weighted by molar-refractivity contribution is 7.89. The summed E-state index contributed by atoms with van der Waals surface area (Å²) in [6, 6.07) is 9.81. The summed E-state index contributed by atoms with van der Waals surface area (Å²) in [6.45, 7) is 7.32. The van der Waals surface area contributed by atoms with Crippen LogP contribution < -0.4 is 4.74 Å². The first kappa shape index (κ1) is 32.8. The fraction of sp³-hybridized carbons (Fsp3) is 0.438. The number of sulfonamides is 1. The molecule has 0 saturated carbocycles. The lowest BCUT2D eigenvalue weighted by molar-refractivity contribution is -0.147. The first-order chi connectivity index (χ1) is 22.0. The Bertz CT molecular complexity index is 1970. The van der Waals surface area contributed by atoms with Crippen molar-refractivity contribution in [3.63, 3.8) is 0 Å². The van der Waals surface area contributed by atoms with Gasteiger partial charge in [0.05, 0.1) is 25.2 Å². The van der Waals surface area contributed by atoms with Crippen LogP contribution in [0.5, 0.6) is 5.88 Å². The smallest absolute Gasteiger partial charge is 0.452 e. The molecule has 3 aromatic heterocycles. The quantitative estimate of drug-likeness (QED) is 0.295. The van der Waals surface area contributed by atoms with E-state index in [0.29, 0.717) is 48.3 Å². The minimum atomic E-state index is -4.74. The van der Waals surface area contributed by atoms with Crippen molar-refractivity contribution in [3.05, 3.63) is 82.4 Å². The van der Waals surface area contributed by atoms with Crippen LogP contribution in [0, 0.1) is 19.3 Å². The molecule has 15 heteroatoms. The van der Waals surface area contributed by atoms with Crippen molar-refractivity contribution in [3.8, 4) is 5.88 Å². The van der Waals surface area contributed by atoms with E-state index in [9.17, 15) is 31.5 Å². The van der Waals surface area contributed by atoms with Crippen molar-refractivity contribution in [2.45, 2.75) is 69.7 Å². The van der Waals surface area contributed by atoms with Crippen LogP contribution >= 0.6 is 0 Å². The summed E-state index contributed by atoms with van der Waals surface area (Å²) in [5.41, 5.74) is 0.407. The number of carbonyl (C=O) groups is 1. The van der Waals surface area contributed by atoms with Gasteiger partial charge in [-0.05, 0) is 73.7 Å². The van der Waals surface area contributed by atoms with Crippen LogP contribution in [0.4, 0.5) is 13.2 Å². The van der Waals surface area contributed by atoms with Crippen LogP contribution in [0.2, 0.25) is 0 Å². The van der Waals surface area contributed by atoms with Crippen LogP contribution in [-0.4, -0.2) is 68.7 Å². The van der Waals surface area contributed by atoms with Crippen molar-refractivity contribution in [1.29, 1.82) is 0 Å². The minimum absolute atomic E-state index is 0.0404. The molecular weight excluding hydrogens is 639 g/mol. The molecule has 0 bridgehead atoms. The normalized spacial score (nSPS) is 18.8. The molecule has 11 nitrogen and oxygen atoms in total. The van der Waals surface area contributed by atoms with Gasteiger partial charge >= 0.3 is 12.1 Å². The maximum atomic E-state index is 14.1. The second kappa shape index (κ2) is 11.6. The first-order valence-electron chi connectivity index (χ1n) is 15.0. The second-order valence-electron chi connectivity index (χ2n) is 12.7. The molecule has 1 N–H and O–H groups in total. The third-order valence-corrected chi connectivity index (χ3v) is 11.1. The Morgan fingerprint density at radius 3 is 2.51 bits per heavy atom. The molecule has 1 aromatic carbocycles. The SMILES string of the molecule is Cc1ccc([C@@H](c2ccn3c(C(F)(F)F)nnc3c2C)C(C)(C)C(=O)O)cc1CN1CC2(CCOCC2)Oc2ncccc2S1(=O)=O. The molecule has 1 saturated heterocycles.